The van der Waals surface area contributed by atoms with Gasteiger partial charge in [-0.25, -0.2) is 0 Å². The highest BCUT2D eigenvalue weighted by atomic mass is 79.9. The van der Waals surface area contributed by atoms with Gasteiger partial charge in [0.05, 0.1) is 5.92 Å². The highest BCUT2D eigenvalue weighted by molar-refractivity contribution is 9.10. The van der Waals surface area contributed by atoms with Crippen LogP contribution in [-0.2, 0) is 0 Å². The largest absolute Gasteiger partial charge is 0.444 e. The number of nitrogens with one attached hydrogen (secondary N) is 1. The van der Waals surface area contributed by atoms with Gasteiger partial charge in [0.15, 0.2) is 10.4 Å². The molecule has 0 saturated heterocycles. The van der Waals surface area contributed by atoms with Crippen LogP contribution < -0.4 is 5.32 Å². The lowest BCUT2D eigenvalue weighted by atomic mass is 9.84. The van der Waals surface area contributed by atoms with Gasteiger partial charge in [-0.2, -0.15) is 13.2 Å². The van der Waals surface area contributed by atoms with Crippen LogP contribution in [0.4, 0.5) is 13.2 Å². The Balaban J connectivity index is 2.05. The number of carbonyl (C=O) groups is 1. The van der Waals surface area contributed by atoms with E-state index in [9.17, 15) is 18.0 Å². The maximum atomic E-state index is 12.9. The molecule has 106 valence electrons. The van der Waals surface area contributed by atoms with Crippen LogP contribution in [0.2, 0.25) is 0 Å². The molecule has 1 N–H and O–H groups in total. The second-order valence-corrected chi connectivity index (χ2v) is 5.40. The molecule has 2 unspecified atom stereocenters. The van der Waals surface area contributed by atoms with E-state index in [-0.39, 0.29) is 12.2 Å². The molecule has 0 aliphatic heterocycles. The lowest BCUT2D eigenvalue weighted by molar-refractivity contribution is -0.187. The molecule has 2 rings (SSSR count). The van der Waals surface area contributed by atoms with Crippen molar-refractivity contribution in [1.29, 1.82) is 0 Å². The Hall–Kier alpha value is -0.980. The van der Waals surface area contributed by atoms with E-state index >= 15 is 0 Å². The van der Waals surface area contributed by atoms with Crippen LogP contribution in [0.25, 0.3) is 0 Å². The fourth-order valence-corrected chi connectivity index (χ4v) is 2.68. The predicted octanol–water partition coefficient (Wildman–Crippen LogP) is 3.89. The molecule has 1 aromatic rings. The molecule has 0 spiro atoms. The minimum Gasteiger partial charge on any atom is -0.444 e. The number of amides is 1. The molecule has 7 heteroatoms. The molecule has 0 radical (unpaired) electrons. The average Bonchev–Trinajstić information content (AvgIpc) is 2.75. The minimum absolute atomic E-state index is 0.0124. The third-order valence-corrected chi connectivity index (χ3v) is 3.73. The van der Waals surface area contributed by atoms with E-state index in [0.29, 0.717) is 23.9 Å². The SMILES string of the molecule is O=C(NC1CCCCC1C(F)(F)F)c1ccc(Br)o1. The van der Waals surface area contributed by atoms with Crippen molar-refractivity contribution in [2.24, 2.45) is 5.92 Å². The second kappa shape index (κ2) is 5.56. The monoisotopic (exact) mass is 339 g/mol. The van der Waals surface area contributed by atoms with Gasteiger partial charge in [0.2, 0.25) is 0 Å². The van der Waals surface area contributed by atoms with E-state index in [1.54, 1.807) is 0 Å². The van der Waals surface area contributed by atoms with Crippen LogP contribution in [0.5, 0.6) is 0 Å². The van der Waals surface area contributed by atoms with Crippen LogP contribution in [0.1, 0.15) is 36.2 Å². The molecule has 1 saturated carbocycles. The standard InChI is InChI=1S/C12H13BrF3NO2/c13-10-6-5-9(19-10)11(18)17-8-4-2-1-3-7(8)12(14,15)16/h5-8H,1-4H2,(H,17,18). The van der Waals surface area contributed by atoms with Crippen molar-refractivity contribution in [2.75, 3.05) is 0 Å². The smallest absolute Gasteiger partial charge is 0.393 e. The van der Waals surface area contributed by atoms with E-state index < -0.39 is 24.0 Å². The highest BCUT2D eigenvalue weighted by Gasteiger charge is 2.46. The Morgan fingerprint density at radius 3 is 2.58 bits per heavy atom. The van der Waals surface area contributed by atoms with Gasteiger partial charge in [-0.3, -0.25) is 4.79 Å². The number of rotatable bonds is 2. The molecule has 1 aliphatic rings. The molecular formula is C12H13BrF3NO2. The van der Waals surface area contributed by atoms with Gasteiger partial charge >= 0.3 is 6.18 Å². The quantitative estimate of drug-likeness (QED) is 0.887. The zero-order valence-electron chi connectivity index (χ0n) is 9.97. The summed E-state index contributed by atoms with van der Waals surface area (Å²) in [5, 5.41) is 2.43. The zero-order valence-corrected chi connectivity index (χ0v) is 11.6. The summed E-state index contributed by atoms with van der Waals surface area (Å²) < 4.78 is 44.0. The van der Waals surface area contributed by atoms with E-state index in [1.165, 1.54) is 12.1 Å². The first kappa shape index (κ1) is 14.4. The molecule has 3 nitrogen and oxygen atoms in total. The lowest BCUT2D eigenvalue weighted by Gasteiger charge is -2.33. The molecule has 1 aliphatic carbocycles. The summed E-state index contributed by atoms with van der Waals surface area (Å²) in [4.78, 5) is 11.8. The highest BCUT2D eigenvalue weighted by Crippen LogP contribution is 2.37. The van der Waals surface area contributed by atoms with Crippen LogP contribution >= 0.6 is 15.9 Å². The molecule has 1 amide bonds. The van der Waals surface area contributed by atoms with Crippen molar-refractivity contribution in [1.82, 2.24) is 5.32 Å². The summed E-state index contributed by atoms with van der Waals surface area (Å²) in [6, 6.07) is 2.08. The van der Waals surface area contributed by atoms with Crippen molar-refractivity contribution < 1.29 is 22.4 Å². The Morgan fingerprint density at radius 2 is 2.00 bits per heavy atom. The Labute approximate surface area is 116 Å². The summed E-state index contributed by atoms with van der Waals surface area (Å²) in [7, 11) is 0. The molecule has 0 aromatic carbocycles. The maximum Gasteiger partial charge on any atom is 0.393 e. The molecule has 1 heterocycles. The minimum atomic E-state index is -4.28. The fraction of sp³-hybridized carbons (Fsp3) is 0.583. The van der Waals surface area contributed by atoms with Crippen molar-refractivity contribution in [3.05, 3.63) is 22.6 Å². The lowest BCUT2D eigenvalue weighted by Crippen LogP contribution is -2.47. The number of carbonyl (C=O) groups excluding carboxylic acids is 1. The molecule has 0 bridgehead atoms. The van der Waals surface area contributed by atoms with E-state index in [4.69, 9.17) is 4.42 Å². The molecular weight excluding hydrogens is 327 g/mol. The Bertz CT molecular complexity index is 458. The Morgan fingerprint density at radius 1 is 1.32 bits per heavy atom. The van der Waals surface area contributed by atoms with Crippen molar-refractivity contribution in [3.8, 4) is 0 Å². The van der Waals surface area contributed by atoms with E-state index in [1.807, 2.05) is 0 Å². The summed E-state index contributed by atoms with van der Waals surface area (Å²) in [6.07, 6.45) is -2.63. The average molecular weight is 340 g/mol. The van der Waals surface area contributed by atoms with Gasteiger partial charge in [-0.1, -0.05) is 12.8 Å². The zero-order chi connectivity index (χ0) is 14.0. The van der Waals surface area contributed by atoms with Crippen molar-refractivity contribution in [2.45, 2.75) is 37.9 Å². The third kappa shape index (κ3) is 3.52. The van der Waals surface area contributed by atoms with Gasteiger partial charge in [0, 0.05) is 6.04 Å². The van der Waals surface area contributed by atoms with Crippen LogP contribution in [-0.4, -0.2) is 18.1 Å². The normalized spacial score (nSPS) is 24.2. The summed E-state index contributed by atoms with van der Waals surface area (Å²) in [5.41, 5.74) is 0. The third-order valence-electron chi connectivity index (χ3n) is 3.30. The molecule has 19 heavy (non-hydrogen) atoms. The summed E-state index contributed by atoms with van der Waals surface area (Å²) in [6.45, 7) is 0. The number of alkyl halides is 3. The molecule has 1 fully saturated rings. The van der Waals surface area contributed by atoms with Crippen LogP contribution in [0, 0.1) is 5.92 Å². The van der Waals surface area contributed by atoms with Gasteiger partial charge < -0.3 is 9.73 Å². The number of hydrogen-bond acceptors (Lipinski definition) is 2. The van der Waals surface area contributed by atoms with Gasteiger partial charge in [-0.15, -0.1) is 0 Å². The van der Waals surface area contributed by atoms with Gasteiger partial charge in [0.25, 0.3) is 5.91 Å². The van der Waals surface area contributed by atoms with Crippen LogP contribution in [0.15, 0.2) is 21.2 Å². The first-order valence-electron chi connectivity index (χ1n) is 6.01. The fourth-order valence-electron chi connectivity index (χ4n) is 2.37. The predicted molar refractivity (Wildman–Crippen MR) is 65.7 cm³/mol. The molecule has 2 atom stereocenters. The first-order valence-corrected chi connectivity index (χ1v) is 6.80. The van der Waals surface area contributed by atoms with E-state index in [0.717, 1.165) is 0 Å². The Kier molecular flexibility index (Phi) is 4.23. The van der Waals surface area contributed by atoms with Gasteiger partial charge in [0.1, 0.15) is 0 Å². The molecule has 1 aromatic heterocycles. The summed E-state index contributed by atoms with van der Waals surface area (Å²) in [5.74, 6) is -2.06. The number of furan rings is 1. The maximum absolute atomic E-state index is 12.9. The second-order valence-electron chi connectivity index (χ2n) is 4.62. The number of hydrogen-bond donors (Lipinski definition) is 1. The topological polar surface area (TPSA) is 42.2 Å². The van der Waals surface area contributed by atoms with E-state index in [2.05, 4.69) is 21.2 Å². The van der Waals surface area contributed by atoms with Gasteiger partial charge in [-0.05, 0) is 40.9 Å². The first-order chi connectivity index (χ1) is 8.88. The van der Waals surface area contributed by atoms with Crippen molar-refractivity contribution in [3.63, 3.8) is 0 Å². The van der Waals surface area contributed by atoms with Crippen molar-refractivity contribution >= 4 is 21.8 Å². The van der Waals surface area contributed by atoms with Crippen LogP contribution in [0.3, 0.4) is 0 Å². The number of halogens is 4. The summed E-state index contributed by atoms with van der Waals surface area (Å²) >= 11 is 3.04.